The topological polar surface area (TPSA) is 34.0 Å². The van der Waals surface area contributed by atoms with Gasteiger partial charge in [0.15, 0.2) is 0 Å². The number of hydrogen-bond acceptors (Lipinski definition) is 3. The second-order valence-electron chi connectivity index (χ2n) is 5.26. The maximum absolute atomic E-state index is 6.66. The molecule has 0 saturated heterocycles. The van der Waals surface area contributed by atoms with Crippen LogP contribution in [0.4, 0.5) is 5.69 Å². The Morgan fingerprint density at radius 3 is 2.28 bits per heavy atom. The zero-order chi connectivity index (χ0) is 16.4. The van der Waals surface area contributed by atoms with Gasteiger partial charge in [-0.2, -0.15) is 5.10 Å². The summed E-state index contributed by atoms with van der Waals surface area (Å²) in [6.45, 7) is 0.626. The largest absolute Gasteiger partial charge is 0.287 e. The number of hydrogen-bond donors (Lipinski definition) is 0. The fourth-order valence-electron chi connectivity index (χ4n) is 2.64. The van der Waals surface area contributed by atoms with Crippen LogP contribution in [-0.4, -0.2) is 19.1 Å². The van der Waals surface area contributed by atoms with Gasteiger partial charge in [-0.05, 0) is 41.0 Å². The molecule has 1 aromatic heterocycles. The number of rotatable bonds is 4. The maximum atomic E-state index is 6.66. The first-order valence-electron chi connectivity index (χ1n) is 7.53. The molecule has 0 bridgehead atoms. The first kappa shape index (κ1) is 17.7. The molecule has 0 aliphatic carbocycles. The molecule has 1 atom stereocenters. The van der Waals surface area contributed by atoms with E-state index in [4.69, 9.17) is 11.6 Å². The molecular formula is C18H16Cl2N4S. The highest BCUT2D eigenvalue weighted by Gasteiger charge is 2.26. The van der Waals surface area contributed by atoms with Gasteiger partial charge >= 0.3 is 0 Å². The Balaban J connectivity index is 0.00000182. The van der Waals surface area contributed by atoms with E-state index in [0.717, 1.165) is 15.7 Å². The summed E-state index contributed by atoms with van der Waals surface area (Å²) in [6.07, 6.45) is 5.31. The second-order valence-corrected chi connectivity index (χ2v) is 7.74. The lowest BCUT2D eigenvalue weighted by atomic mass is 10.3. The fourth-order valence-corrected chi connectivity index (χ4v) is 5.19. The third-order valence-electron chi connectivity index (χ3n) is 3.66. The van der Waals surface area contributed by atoms with Crippen LogP contribution in [0.1, 0.15) is 0 Å². The number of allylic oxidation sites excluding steroid dienone is 2. The standard InChI is InChI=1S/C18H15ClN4S.ClH/c19-18-11-16(12-22-14-20-13-21-22)23(15-7-3-1-4-8-15)24(18)17-9-5-2-6-10-17;/h1-11,13-14H,12H2;1H. The van der Waals surface area contributed by atoms with Crippen molar-refractivity contribution in [3.05, 3.63) is 85.1 Å². The monoisotopic (exact) mass is 390 g/mol. The van der Waals surface area contributed by atoms with Crippen LogP contribution in [0.5, 0.6) is 0 Å². The van der Waals surface area contributed by atoms with Crippen LogP contribution in [0, 0.1) is 0 Å². The summed E-state index contributed by atoms with van der Waals surface area (Å²) in [7, 11) is -0.354. The minimum absolute atomic E-state index is 0. The van der Waals surface area contributed by atoms with Crippen LogP contribution < -0.4 is 4.31 Å². The van der Waals surface area contributed by atoms with Gasteiger partial charge in [0.1, 0.15) is 12.7 Å². The first-order valence-corrected chi connectivity index (χ1v) is 9.09. The van der Waals surface area contributed by atoms with Crippen LogP contribution in [0.2, 0.25) is 0 Å². The highest BCUT2D eigenvalue weighted by molar-refractivity contribution is 8.19. The summed E-state index contributed by atoms with van der Waals surface area (Å²) in [5, 5.41) is 4.22. The molecule has 4 rings (SSSR count). The van der Waals surface area contributed by atoms with E-state index in [2.05, 4.69) is 38.7 Å². The summed E-state index contributed by atoms with van der Waals surface area (Å²) >= 11 is 6.66. The van der Waals surface area contributed by atoms with Crippen LogP contribution >= 0.6 is 34.7 Å². The molecular weight excluding hydrogens is 375 g/mol. The predicted octanol–water partition coefficient (Wildman–Crippen LogP) is 4.72. The maximum Gasteiger partial charge on any atom is 0.137 e. The molecule has 1 aliphatic rings. The molecule has 0 amide bonds. The van der Waals surface area contributed by atoms with Gasteiger partial charge in [-0.25, -0.2) is 9.67 Å². The zero-order valence-corrected chi connectivity index (χ0v) is 15.6. The van der Waals surface area contributed by atoms with Gasteiger partial charge in [-0.1, -0.05) is 48.0 Å². The van der Waals surface area contributed by atoms with Crippen molar-refractivity contribution >= 4 is 44.7 Å². The van der Waals surface area contributed by atoms with E-state index in [-0.39, 0.29) is 23.1 Å². The van der Waals surface area contributed by atoms with Crippen molar-refractivity contribution in [1.29, 1.82) is 0 Å². The summed E-state index contributed by atoms with van der Waals surface area (Å²) in [5.74, 6) is 0. The Bertz CT molecular complexity index is 893. The molecule has 2 aromatic carbocycles. The number of benzene rings is 2. The van der Waals surface area contributed by atoms with Crippen molar-refractivity contribution in [2.75, 3.05) is 4.31 Å². The molecule has 3 aromatic rings. The van der Waals surface area contributed by atoms with E-state index in [0.29, 0.717) is 6.54 Å². The molecule has 0 N–H and O–H groups in total. The van der Waals surface area contributed by atoms with Gasteiger partial charge < -0.3 is 0 Å². The highest BCUT2D eigenvalue weighted by atomic mass is 35.5. The van der Waals surface area contributed by atoms with E-state index < -0.39 is 0 Å². The normalized spacial score (nSPS) is 16.5. The van der Waals surface area contributed by atoms with Gasteiger partial charge in [0, 0.05) is 4.90 Å². The zero-order valence-electron chi connectivity index (χ0n) is 13.2. The van der Waals surface area contributed by atoms with Crippen molar-refractivity contribution in [1.82, 2.24) is 14.8 Å². The van der Waals surface area contributed by atoms with Gasteiger partial charge in [-0.3, -0.25) is 4.31 Å². The molecule has 1 aliphatic heterocycles. The molecule has 2 heterocycles. The van der Waals surface area contributed by atoms with Crippen molar-refractivity contribution in [3.8, 4) is 0 Å². The summed E-state index contributed by atoms with van der Waals surface area (Å²) in [4.78, 5) is 5.22. The van der Waals surface area contributed by atoms with Gasteiger partial charge in [0.25, 0.3) is 0 Å². The summed E-state index contributed by atoms with van der Waals surface area (Å²) in [6, 6.07) is 20.7. The van der Waals surface area contributed by atoms with Crippen LogP contribution in [0.25, 0.3) is 0 Å². The molecule has 128 valence electrons. The first-order chi connectivity index (χ1) is 11.8. The number of halogens is 2. The molecule has 25 heavy (non-hydrogen) atoms. The van der Waals surface area contributed by atoms with Gasteiger partial charge in [0.2, 0.25) is 0 Å². The van der Waals surface area contributed by atoms with Crippen molar-refractivity contribution < 1.29 is 0 Å². The number of para-hydroxylation sites is 1. The summed E-state index contributed by atoms with van der Waals surface area (Å²) < 4.78 is 4.93. The minimum atomic E-state index is -0.354. The Labute approximate surface area is 160 Å². The second kappa shape index (κ2) is 7.87. The smallest absolute Gasteiger partial charge is 0.137 e. The molecule has 7 heteroatoms. The number of nitrogens with zero attached hydrogens (tertiary/aromatic N) is 4. The van der Waals surface area contributed by atoms with E-state index >= 15 is 0 Å². The fraction of sp³-hybridized carbons (Fsp3) is 0.0556. The van der Waals surface area contributed by atoms with Crippen molar-refractivity contribution in [2.24, 2.45) is 0 Å². The van der Waals surface area contributed by atoms with Crippen molar-refractivity contribution in [3.63, 3.8) is 0 Å². The number of aromatic nitrogens is 3. The number of anilines is 1. The third-order valence-corrected chi connectivity index (χ3v) is 6.22. The average Bonchev–Trinajstić information content (AvgIpc) is 3.24. The quantitative estimate of drug-likeness (QED) is 0.477. The van der Waals surface area contributed by atoms with E-state index in [1.165, 1.54) is 4.90 Å². The van der Waals surface area contributed by atoms with Crippen LogP contribution in [0.3, 0.4) is 0 Å². The van der Waals surface area contributed by atoms with Gasteiger partial charge in [0.05, 0.1) is 22.3 Å². The molecule has 0 saturated carbocycles. The van der Waals surface area contributed by atoms with E-state index in [1.807, 2.05) is 47.2 Å². The molecule has 0 fully saturated rings. The lowest BCUT2D eigenvalue weighted by Gasteiger charge is -2.27. The minimum Gasteiger partial charge on any atom is -0.287 e. The predicted molar refractivity (Wildman–Crippen MR) is 107 cm³/mol. The highest BCUT2D eigenvalue weighted by Crippen LogP contribution is 2.44. The molecule has 4 nitrogen and oxygen atoms in total. The molecule has 0 spiro atoms. The Morgan fingerprint density at radius 1 is 0.960 bits per heavy atom. The van der Waals surface area contributed by atoms with Crippen LogP contribution in [-0.2, 0) is 6.54 Å². The van der Waals surface area contributed by atoms with Crippen molar-refractivity contribution in [2.45, 2.75) is 11.4 Å². The molecule has 1 unspecified atom stereocenters. The Kier molecular flexibility index (Phi) is 5.58. The lowest BCUT2D eigenvalue weighted by molar-refractivity contribution is 0.672. The van der Waals surface area contributed by atoms with Gasteiger partial charge in [-0.15, -0.1) is 12.4 Å². The van der Waals surface area contributed by atoms with E-state index in [9.17, 15) is 0 Å². The molecule has 0 radical (unpaired) electrons. The average molecular weight is 391 g/mol. The SMILES string of the molecule is Cl.ClC1=S(c2ccccc2)N(c2ccccc2)C(Cn2cncn2)=C1. The summed E-state index contributed by atoms with van der Waals surface area (Å²) in [5.41, 5.74) is 2.22. The Hall–Kier alpha value is -2.08. The van der Waals surface area contributed by atoms with E-state index in [1.54, 1.807) is 12.7 Å². The Morgan fingerprint density at radius 2 is 1.64 bits per heavy atom. The lowest BCUT2D eigenvalue weighted by Crippen LogP contribution is -2.18. The third kappa shape index (κ3) is 3.63. The van der Waals surface area contributed by atoms with Crippen LogP contribution in [0.15, 0.2) is 90.0 Å².